The van der Waals surface area contributed by atoms with Gasteiger partial charge in [-0.1, -0.05) is 0 Å². The first-order valence-corrected chi connectivity index (χ1v) is 9.49. The number of nitrogens with one attached hydrogen (secondary N) is 1. The molecule has 0 radical (unpaired) electrons. The van der Waals surface area contributed by atoms with Gasteiger partial charge in [-0.25, -0.2) is 0 Å². The zero-order valence-electron chi connectivity index (χ0n) is 14.7. The molecule has 6 nitrogen and oxygen atoms in total. The Morgan fingerprint density at radius 2 is 2.04 bits per heavy atom. The second-order valence-electron chi connectivity index (χ2n) is 8.21. The van der Waals surface area contributed by atoms with Crippen LogP contribution in [0.3, 0.4) is 0 Å². The van der Waals surface area contributed by atoms with Crippen LogP contribution < -0.4 is 10.5 Å². The summed E-state index contributed by atoms with van der Waals surface area (Å²) in [5.74, 6) is 0.284. The summed E-state index contributed by atoms with van der Waals surface area (Å²) in [5, 5.41) is 20.9. The molecule has 0 unspecified atom stereocenters. The third kappa shape index (κ3) is 2.50. The van der Waals surface area contributed by atoms with Crippen molar-refractivity contribution in [2.45, 2.75) is 44.6 Å². The first kappa shape index (κ1) is 15.8. The van der Waals surface area contributed by atoms with Gasteiger partial charge in [0.25, 0.3) is 5.56 Å². The lowest BCUT2D eigenvalue weighted by Gasteiger charge is -2.34. The molecule has 1 spiro atoms. The van der Waals surface area contributed by atoms with Crippen molar-refractivity contribution in [3.05, 3.63) is 33.9 Å². The van der Waals surface area contributed by atoms with E-state index in [1.165, 1.54) is 12.8 Å². The maximum atomic E-state index is 12.4. The molecule has 1 saturated heterocycles. The van der Waals surface area contributed by atoms with E-state index in [1.807, 2.05) is 6.07 Å². The van der Waals surface area contributed by atoms with Gasteiger partial charge in [0, 0.05) is 18.5 Å². The largest absolute Gasteiger partial charge is 0.387 e. The first-order chi connectivity index (χ1) is 12.6. The zero-order valence-corrected chi connectivity index (χ0v) is 14.7. The van der Waals surface area contributed by atoms with Gasteiger partial charge in [-0.2, -0.15) is 5.26 Å². The van der Waals surface area contributed by atoms with E-state index in [1.54, 1.807) is 6.20 Å². The molecule has 1 atom stereocenters. The Morgan fingerprint density at radius 3 is 2.65 bits per heavy atom. The van der Waals surface area contributed by atoms with Gasteiger partial charge in [-0.15, -0.1) is 0 Å². The third-order valence-corrected chi connectivity index (χ3v) is 6.47. The van der Waals surface area contributed by atoms with Crippen molar-refractivity contribution in [1.29, 1.82) is 5.26 Å². The van der Waals surface area contributed by atoms with Gasteiger partial charge in [-0.05, 0) is 55.9 Å². The van der Waals surface area contributed by atoms with Crippen LogP contribution in [0.5, 0.6) is 0 Å². The van der Waals surface area contributed by atoms with Crippen LogP contribution in [0, 0.1) is 22.7 Å². The van der Waals surface area contributed by atoms with Gasteiger partial charge in [0.2, 0.25) is 0 Å². The molecule has 5 rings (SSSR count). The molecule has 2 aliphatic carbocycles. The van der Waals surface area contributed by atoms with E-state index in [0.717, 1.165) is 44.2 Å². The predicted octanol–water partition coefficient (Wildman–Crippen LogP) is 2.62. The average Bonchev–Trinajstić information content (AvgIpc) is 3.57. The van der Waals surface area contributed by atoms with Gasteiger partial charge in [0.15, 0.2) is 0 Å². The molecule has 134 valence electrons. The second-order valence-corrected chi connectivity index (χ2v) is 8.21. The van der Waals surface area contributed by atoms with Crippen LogP contribution in [0.1, 0.15) is 55.9 Å². The molecule has 2 aromatic rings. The minimum atomic E-state index is -0.569. The SMILES string of the molecule is N#Cc1c(N2CCC3(CC2)CC3)c2cc([C@H](O)C3CC3)ncc2[nH]c1=O. The Hall–Kier alpha value is -2.39. The predicted molar refractivity (Wildman–Crippen MR) is 97.9 cm³/mol. The van der Waals surface area contributed by atoms with Crippen LogP contribution in [-0.4, -0.2) is 28.2 Å². The smallest absolute Gasteiger partial charge is 0.268 e. The van der Waals surface area contributed by atoms with Crippen LogP contribution in [-0.2, 0) is 0 Å². The molecule has 0 aromatic carbocycles. The summed E-state index contributed by atoms with van der Waals surface area (Å²) in [4.78, 5) is 21.8. The van der Waals surface area contributed by atoms with Crippen molar-refractivity contribution in [2.75, 3.05) is 18.0 Å². The number of nitriles is 1. The molecule has 2 N–H and O–H groups in total. The molecule has 0 amide bonds. The standard InChI is InChI=1S/C20H22N4O2/c21-10-14-17(24-7-5-20(3-4-20)6-8-24)13-9-15(18(25)12-1-2-12)22-11-16(13)23-19(14)26/h9,11-12,18,25H,1-8H2,(H,23,26)/t18-/m1/s1. The maximum Gasteiger partial charge on any atom is 0.268 e. The minimum absolute atomic E-state index is 0.169. The summed E-state index contributed by atoms with van der Waals surface area (Å²) in [6.07, 6.45) is 7.96. The number of nitrogens with zero attached hydrogens (tertiary/aromatic N) is 3. The van der Waals surface area contributed by atoms with Crippen molar-refractivity contribution >= 4 is 16.6 Å². The van der Waals surface area contributed by atoms with E-state index in [-0.39, 0.29) is 17.0 Å². The van der Waals surface area contributed by atoms with Crippen molar-refractivity contribution in [2.24, 2.45) is 11.3 Å². The number of aromatic nitrogens is 2. The number of hydrogen-bond donors (Lipinski definition) is 2. The molecular formula is C20H22N4O2. The Kier molecular flexibility index (Phi) is 3.38. The van der Waals surface area contributed by atoms with Crippen LogP contribution in [0.4, 0.5) is 5.69 Å². The third-order valence-electron chi connectivity index (χ3n) is 6.47. The van der Waals surface area contributed by atoms with Gasteiger partial charge in [-0.3, -0.25) is 9.78 Å². The molecule has 2 saturated carbocycles. The molecular weight excluding hydrogens is 328 g/mol. The molecule has 26 heavy (non-hydrogen) atoms. The van der Waals surface area contributed by atoms with Crippen LogP contribution in [0.25, 0.3) is 10.9 Å². The van der Waals surface area contributed by atoms with Crippen molar-refractivity contribution in [1.82, 2.24) is 9.97 Å². The molecule has 3 heterocycles. The lowest BCUT2D eigenvalue weighted by Crippen LogP contribution is -2.36. The number of pyridine rings is 2. The highest BCUT2D eigenvalue weighted by molar-refractivity contribution is 5.94. The Morgan fingerprint density at radius 1 is 1.31 bits per heavy atom. The van der Waals surface area contributed by atoms with E-state index in [2.05, 4.69) is 20.9 Å². The fourth-order valence-electron chi connectivity index (χ4n) is 4.32. The number of H-pyrrole nitrogens is 1. The van der Waals surface area contributed by atoms with E-state index >= 15 is 0 Å². The topological polar surface area (TPSA) is 93.0 Å². The maximum absolute atomic E-state index is 12.4. The van der Waals surface area contributed by atoms with E-state index in [9.17, 15) is 15.2 Å². The molecule has 3 fully saturated rings. The number of aliphatic hydroxyl groups excluding tert-OH is 1. The number of aliphatic hydroxyl groups is 1. The molecule has 2 aromatic heterocycles. The zero-order chi connectivity index (χ0) is 17.9. The lowest BCUT2D eigenvalue weighted by atomic mass is 9.92. The number of anilines is 1. The number of aromatic amines is 1. The Balaban J connectivity index is 1.63. The van der Waals surface area contributed by atoms with Crippen LogP contribution in [0.2, 0.25) is 0 Å². The van der Waals surface area contributed by atoms with E-state index in [0.29, 0.717) is 22.3 Å². The summed E-state index contributed by atoms with van der Waals surface area (Å²) >= 11 is 0. The number of fused-ring (bicyclic) bond motifs is 1. The van der Waals surface area contributed by atoms with Crippen LogP contribution in [0.15, 0.2) is 17.1 Å². The van der Waals surface area contributed by atoms with Gasteiger partial charge in [0.05, 0.1) is 29.2 Å². The first-order valence-electron chi connectivity index (χ1n) is 9.49. The number of rotatable bonds is 3. The number of hydrogen-bond acceptors (Lipinski definition) is 5. The summed E-state index contributed by atoms with van der Waals surface area (Å²) in [6.45, 7) is 1.74. The Bertz CT molecular complexity index is 972. The molecule has 3 aliphatic rings. The number of piperidine rings is 1. The fourth-order valence-corrected chi connectivity index (χ4v) is 4.32. The lowest BCUT2D eigenvalue weighted by molar-refractivity contribution is 0.149. The highest BCUT2D eigenvalue weighted by Crippen LogP contribution is 2.54. The molecule has 1 aliphatic heterocycles. The van der Waals surface area contributed by atoms with Crippen molar-refractivity contribution in [3.63, 3.8) is 0 Å². The molecule has 0 bridgehead atoms. The summed E-state index contributed by atoms with van der Waals surface area (Å²) in [7, 11) is 0. The van der Waals surface area contributed by atoms with Crippen molar-refractivity contribution < 1.29 is 5.11 Å². The monoisotopic (exact) mass is 350 g/mol. The summed E-state index contributed by atoms with van der Waals surface area (Å²) < 4.78 is 0. The average molecular weight is 350 g/mol. The second kappa shape index (κ2) is 5.55. The van der Waals surface area contributed by atoms with Gasteiger partial charge in [0.1, 0.15) is 11.6 Å². The van der Waals surface area contributed by atoms with Gasteiger partial charge >= 0.3 is 0 Å². The van der Waals surface area contributed by atoms with E-state index < -0.39 is 6.10 Å². The van der Waals surface area contributed by atoms with Gasteiger partial charge < -0.3 is 15.0 Å². The minimum Gasteiger partial charge on any atom is -0.387 e. The highest BCUT2D eigenvalue weighted by Gasteiger charge is 2.45. The normalized spacial score (nSPS) is 22.4. The van der Waals surface area contributed by atoms with E-state index in [4.69, 9.17) is 0 Å². The summed E-state index contributed by atoms with van der Waals surface area (Å²) in [5.41, 5.74) is 2.31. The highest BCUT2D eigenvalue weighted by atomic mass is 16.3. The van der Waals surface area contributed by atoms with Crippen LogP contribution >= 0.6 is 0 Å². The fraction of sp³-hybridized carbons (Fsp3) is 0.550. The molecule has 6 heteroatoms. The summed E-state index contributed by atoms with van der Waals surface area (Å²) in [6, 6.07) is 3.97. The van der Waals surface area contributed by atoms with Crippen molar-refractivity contribution in [3.8, 4) is 6.07 Å². The Labute approximate surface area is 151 Å². The quantitative estimate of drug-likeness (QED) is 0.887.